The summed E-state index contributed by atoms with van der Waals surface area (Å²) in [5.74, 6) is -9.39. The van der Waals surface area contributed by atoms with Crippen LogP contribution in [0.15, 0.2) is 9.98 Å². The second-order valence-electron chi connectivity index (χ2n) is 22.9. The number of nitrogens with two attached hydrogens (primary N) is 6. The minimum absolute atomic E-state index is 0.0156. The minimum atomic E-state index is -1.34. The maximum Gasteiger partial charge on any atom is 0.326 e. The molecule has 0 unspecified atom stereocenters. The molecular weight excluding hydrogens is 1090 g/mol. The van der Waals surface area contributed by atoms with E-state index in [1.54, 1.807) is 27.7 Å². The topological polar surface area (TPSA) is 509 Å². The van der Waals surface area contributed by atoms with E-state index >= 15 is 0 Å². The Morgan fingerprint density at radius 3 is 0.929 bits per heavy atom. The Hall–Kier alpha value is -7.37. The molecule has 0 saturated carbocycles. The summed E-state index contributed by atoms with van der Waals surface area (Å²) in [5.41, 5.74) is 33.8. The van der Waals surface area contributed by atoms with Crippen molar-refractivity contribution in [2.75, 3.05) is 19.6 Å². The lowest BCUT2D eigenvalue weighted by Gasteiger charge is -2.27. The predicted octanol–water partition coefficient (Wildman–Crippen LogP) is -3.25. The average Bonchev–Trinajstić information content (AvgIpc) is 3.40. The van der Waals surface area contributed by atoms with Crippen LogP contribution >= 0.6 is 0 Å². The van der Waals surface area contributed by atoms with E-state index in [0.717, 1.165) is 0 Å². The van der Waals surface area contributed by atoms with Crippen LogP contribution in [0.25, 0.3) is 0 Å². The number of nitrogens with one attached hydrogen (secondary N) is 10. The molecule has 23 N–H and O–H groups in total. The fourth-order valence-electron chi connectivity index (χ4n) is 8.28. The molecule has 0 aromatic rings. The van der Waals surface area contributed by atoms with Crippen molar-refractivity contribution in [3.8, 4) is 0 Å². The zero-order valence-electron chi connectivity index (χ0n) is 51.4. The van der Waals surface area contributed by atoms with Gasteiger partial charge in [-0.05, 0) is 129 Å². The number of hydrogen-bond donors (Lipinski definition) is 17. The van der Waals surface area contributed by atoms with Crippen LogP contribution in [0.5, 0.6) is 0 Å². The first-order valence-electron chi connectivity index (χ1n) is 28.9. The van der Waals surface area contributed by atoms with Gasteiger partial charge in [0.2, 0.25) is 59.1 Å². The first-order chi connectivity index (χ1) is 39.1. The summed E-state index contributed by atoms with van der Waals surface area (Å²) < 4.78 is 0. The van der Waals surface area contributed by atoms with E-state index < -0.39 is 132 Å². The summed E-state index contributed by atoms with van der Waals surface area (Å²) in [6, 6.07) is -13.3. The summed E-state index contributed by atoms with van der Waals surface area (Å²) in [7, 11) is 0. The number of aliphatic imine (C=N–C) groups is 2. The van der Waals surface area contributed by atoms with Gasteiger partial charge >= 0.3 is 5.97 Å². The SMILES string of the molecule is CC(C)C[C@H](NC(=O)[C@H](C)NC(=O)[C@H](C)NC(=O)[C@H](CCCCN)NC(=O)[C@H](CCCN=C(N)N)NC(=O)[C@H](CC(C)C)NC(=O)[C@H](C)NC(=O)[C@H](C)NC(=O)[C@H](CCCN=C(N)N)NC(=O)[C@H](CC(C)C)NC(=O)[C@@H](N)CC(C)C)C(=O)O. The molecule has 0 radical (unpaired) electrons. The monoisotopic (exact) mass is 1190 g/mol. The molecule has 0 aliphatic heterocycles. The molecule has 0 spiro atoms. The number of guanidine groups is 2. The van der Waals surface area contributed by atoms with Crippen LogP contribution in [0.4, 0.5) is 0 Å². The van der Waals surface area contributed by atoms with Gasteiger partial charge in [-0.2, -0.15) is 0 Å². The molecular formula is C54H102N18O12. The summed E-state index contributed by atoms with van der Waals surface area (Å²) >= 11 is 0. The Morgan fingerprint density at radius 2 is 0.607 bits per heavy atom. The third-order valence-corrected chi connectivity index (χ3v) is 12.8. The molecule has 0 rings (SSSR count). The van der Waals surface area contributed by atoms with Crippen molar-refractivity contribution in [2.45, 2.75) is 220 Å². The fraction of sp³-hybridized carbons (Fsp3) is 0.759. The molecule has 11 atom stereocenters. The maximum atomic E-state index is 14.2. The second-order valence-corrected chi connectivity index (χ2v) is 22.9. The molecule has 0 aromatic carbocycles. The first kappa shape index (κ1) is 76.6. The lowest BCUT2D eigenvalue weighted by Crippen LogP contribution is -2.60. The first-order valence-corrected chi connectivity index (χ1v) is 28.9. The quantitative estimate of drug-likeness (QED) is 0.0162. The number of carboxylic acid groups (broad SMARTS) is 1. The van der Waals surface area contributed by atoms with Gasteiger partial charge in [0.15, 0.2) is 11.9 Å². The van der Waals surface area contributed by atoms with E-state index in [1.807, 2.05) is 27.7 Å². The van der Waals surface area contributed by atoms with Crippen molar-refractivity contribution in [2.24, 2.45) is 68.1 Å². The zero-order valence-corrected chi connectivity index (χ0v) is 51.4. The van der Waals surface area contributed by atoms with Gasteiger partial charge in [-0.1, -0.05) is 55.4 Å². The number of carbonyl (C=O) groups is 11. The van der Waals surface area contributed by atoms with E-state index in [4.69, 9.17) is 34.4 Å². The molecule has 0 aromatic heterocycles. The van der Waals surface area contributed by atoms with E-state index in [0.29, 0.717) is 19.3 Å². The van der Waals surface area contributed by atoms with Crippen LogP contribution in [0.1, 0.15) is 154 Å². The second kappa shape index (κ2) is 40.0. The largest absolute Gasteiger partial charge is 0.480 e. The highest BCUT2D eigenvalue weighted by Gasteiger charge is 2.34. The van der Waals surface area contributed by atoms with Gasteiger partial charge in [0.25, 0.3) is 0 Å². The third-order valence-electron chi connectivity index (χ3n) is 12.8. The van der Waals surface area contributed by atoms with Crippen molar-refractivity contribution in [1.29, 1.82) is 0 Å². The van der Waals surface area contributed by atoms with Gasteiger partial charge < -0.3 is 92.7 Å². The number of rotatable bonds is 41. The molecule has 30 nitrogen and oxygen atoms in total. The molecule has 0 bridgehead atoms. The number of amides is 10. The number of hydrogen-bond acceptors (Lipinski definition) is 15. The van der Waals surface area contributed by atoms with E-state index in [-0.39, 0.29) is 107 Å². The highest BCUT2D eigenvalue weighted by Crippen LogP contribution is 2.12. The average molecular weight is 1200 g/mol. The van der Waals surface area contributed by atoms with Crippen molar-refractivity contribution >= 4 is 77.0 Å². The molecule has 0 aliphatic rings. The van der Waals surface area contributed by atoms with Crippen molar-refractivity contribution in [3.05, 3.63) is 0 Å². The Balaban J connectivity index is 6.43. The summed E-state index contributed by atoms with van der Waals surface area (Å²) in [6.07, 6.45) is 1.98. The third kappa shape index (κ3) is 32.5. The predicted molar refractivity (Wildman–Crippen MR) is 318 cm³/mol. The van der Waals surface area contributed by atoms with Crippen LogP contribution in [-0.4, -0.2) is 168 Å². The van der Waals surface area contributed by atoms with Crippen LogP contribution < -0.4 is 87.6 Å². The molecule has 0 aliphatic carbocycles. The van der Waals surface area contributed by atoms with Crippen LogP contribution in [0.3, 0.4) is 0 Å². The molecule has 0 fully saturated rings. The Kier molecular flexibility index (Phi) is 36.5. The fourth-order valence-corrected chi connectivity index (χ4v) is 8.28. The molecule has 30 heteroatoms. The van der Waals surface area contributed by atoms with Gasteiger partial charge in [-0.15, -0.1) is 0 Å². The lowest BCUT2D eigenvalue weighted by atomic mass is 10.00. The van der Waals surface area contributed by atoms with Gasteiger partial charge in [0.1, 0.15) is 60.4 Å². The Labute approximate surface area is 494 Å². The van der Waals surface area contributed by atoms with Gasteiger partial charge in [-0.25, -0.2) is 4.79 Å². The van der Waals surface area contributed by atoms with Crippen molar-refractivity contribution < 1.29 is 57.8 Å². The number of carboxylic acids is 1. The maximum absolute atomic E-state index is 14.2. The number of aliphatic carboxylic acids is 1. The van der Waals surface area contributed by atoms with Crippen LogP contribution in [0.2, 0.25) is 0 Å². The van der Waals surface area contributed by atoms with Crippen molar-refractivity contribution in [1.82, 2.24) is 53.2 Å². The standard InChI is InChI=1S/C54H102N18O12/c1-27(2)23-35(56)46(77)71-40(25-29(5)6)51(82)68-37(18-15-21-61-53(57)58)48(79)66-32(10)42(73)63-33(11)44(75)70-39(24-28(3)4)50(81)69-38(19-16-22-62-54(59)60)49(80)67-36(17-13-14-20-55)47(78)65-31(9)43(74)64-34(12)45(76)72-41(52(83)84)26-30(7)8/h27-41H,13-26,55-56H2,1-12H3,(H,63,73)(H,64,74)(H,65,78)(H,66,79)(H,67,80)(H,68,82)(H,69,81)(H,70,75)(H,71,77)(H,72,76)(H,83,84)(H4,57,58,61)(H4,59,60,62)/t31-,32-,33-,34-,35-,36-,37-,38-,39-,40-,41-/m0/s1. The molecule has 84 heavy (non-hydrogen) atoms. The molecule has 0 saturated heterocycles. The Morgan fingerprint density at radius 1 is 0.345 bits per heavy atom. The van der Waals surface area contributed by atoms with E-state index in [1.165, 1.54) is 27.7 Å². The van der Waals surface area contributed by atoms with Crippen molar-refractivity contribution in [3.63, 3.8) is 0 Å². The minimum Gasteiger partial charge on any atom is -0.480 e. The smallest absolute Gasteiger partial charge is 0.326 e. The van der Waals surface area contributed by atoms with E-state index in [2.05, 4.69) is 63.2 Å². The number of unbranched alkanes of at least 4 members (excludes halogenated alkanes) is 1. The Bertz CT molecular complexity index is 2220. The molecule has 0 heterocycles. The van der Waals surface area contributed by atoms with Gasteiger partial charge in [0.05, 0.1) is 6.04 Å². The van der Waals surface area contributed by atoms with Gasteiger partial charge in [-0.3, -0.25) is 57.9 Å². The highest BCUT2D eigenvalue weighted by molar-refractivity contribution is 5.98. The molecule has 10 amide bonds. The normalized spacial score (nSPS) is 15.2. The lowest BCUT2D eigenvalue weighted by molar-refractivity contribution is -0.142. The van der Waals surface area contributed by atoms with Crippen LogP contribution in [-0.2, 0) is 52.7 Å². The van der Waals surface area contributed by atoms with Crippen LogP contribution in [0, 0.1) is 23.7 Å². The molecule has 480 valence electrons. The number of carbonyl (C=O) groups excluding carboxylic acids is 10. The number of nitrogens with zero attached hydrogens (tertiary/aromatic N) is 2. The van der Waals surface area contributed by atoms with E-state index in [9.17, 15) is 57.8 Å². The summed E-state index contributed by atoms with van der Waals surface area (Å²) in [4.78, 5) is 156. The summed E-state index contributed by atoms with van der Waals surface area (Å²) in [6.45, 7) is 20.5. The van der Waals surface area contributed by atoms with Gasteiger partial charge in [0, 0.05) is 13.1 Å². The highest BCUT2D eigenvalue weighted by atomic mass is 16.4. The zero-order chi connectivity index (χ0) is 64.6. The summed E-state index contributed by atoms with van der Waals surface area (Å²) in [5, 5.41) is 35.4.